The molecule has 21 heavy (non-hydrogen) atoms. The first kappa shape index (κ1) is 15.6. The standard InChI is InChI=1S/C17H17F3O/c1-11-5-3-8-15(12(11)2)16(21)10-13-6-4-7-14(9-13)17(18,19)20/h3-9,16,21H,10H2,1-2H3. The second-order valence-corrected chi connectivity index (χ2v) is 5.21. The van der Waals surface area contributed by atoms with Crippen LogP contribution in [0.15, 0.2) is 42.5 Å². The second kappa shape index (κ2) is 5.90. The van der Waals surface area contributed by atoms with E-state index in [9.17, 15) is 18.3 Å². The van der Waals surface area contributed by atoms with Crippen molar-refractivity contribution in [3.05, 3.63) is 70.3 Å². The highest BCUT2D eigenvalue weighted by atomic mass is 19.4. The van der Waals surface area contributed by atoms with Crippen LogP contribution in [0.2, 0.25) is 0 Å². The molecule has 1 nitrogen and oxygen atoms in total. The van der Waals surface area contributed by atoms with E-state index in [4.69, 9.17) is 0 Å². The van der Waals surface area contributed by atoms with Crippen molar-refractivity contribution in [1.29, 1.82) is 0 Å². The molecule has 0 aliphatic carbocycles. The monoisotopic (exact) mass is 294 g/mol. The molecule has 0 radical (unpaired) electrons. The Bertz CT molecular complexity index is 632. The zero-order chi connectivity index (χ0) is 15.6. The summed E-state index contributed by atoms with van der Waals surface area (Å²) in [5, 5.41) is 10.3. The number of halogens is 3. The predicted octanol–water partition coefficient (Wildman–Crippen LogP) is 4.60. The van der Waals surface area contributed by atoms with Gasteiger partial charge in [-0.3, -0.25) is 0 Å². The molecule has 0 spiro atoms. The lowest BCUT2D eigenvalue weighted by Crippen LogP contribution is -2.08. The smallest absolute Gasteiger partial charge is 0.388 e. The average Bonchev–Trinajstić information content (AvgIpc) is 2.41. The van der Waals surface area contributed by atoms with Gasteiger partial charge in [-0.15, -0.1) is 0 Å². The van der Waals surface area contributed by atoms with Crippen molar-refractivity contribution in [2.24, 2.45) is 0 Å². The molecule has 0 saturated carbocycles. The molecule has 4 heteroatoms. The summed E-state index contributed by atoms with van der Waals surface area (Å²) in [4.78, 5) is 0. The van der Waals surface area contributed by atoms with Gasteiger partial charge in [0, 0.05) is 6.42 Å². The first-order chi connectivity index (χ1) is 9.79. The quantitative estimate of drug-likeness (QED) is 0.877. The molecule has 0 fully saturated rings. The van der Waals surface area contributed by atoms with Gasteiger partial charge in [0.15, 0.2) is 0 Å². The molecule has 1 atom stereocenters. The van der Waals surface area contributed by atoms with Crippen LogP contribution in [0, 0.1) is 13.8 Å². The maximum absolute atomic E-state index is 12.7. The fraction of sp³-hybridized carbons (Fsp3) is 0.294. The van der Waals surface area contributed by atoms with Gasteiger partial charge in [0.1, 0.15) is 0 Å². The summed E-state index contributed by atoms with van der Waals surface area (Å²) in [6.07, 6.45) is -5.01. The van der Waals surface area contributed by atoms with Crippen LogP contribution >= 0.6 is 0 Å². The second-order valence-electron chi connectivity index (χ2n) is 5.21. The number of aliphatic hydroxyl groups excluding tert-OH is 1. The molecule has 0 aliphatic heterocycles. The zero-order valence-corrected chi connectivity index (χ0v) is 11.9. The summed E-state index contributed by atoms with van der Waals surface area (Å²) in [5.41, 5.74) is 2.56. The SMILES string of the molecule is Cc1cccc(C(O)Cc2cccc(C(F)(F)F)c2)c1C. The van der Waals surface area contributed by atoms with E-state index < -0.39 is 17.8 Å². The van der Waals surface area contributed by atoms with E-state index in [-0.39, 0.29) is 6.42 Å². The first-order valence-electron chi connectivity index (χ1n) is 6.69. The molecular formula is C17H17F3O. The lowest BCUT2D eigenvalue weighted by atomic mass is 9.94. The molecule has 0 saturated heterocycles. The van der Waals surface area contributed by atoms with Crippen LogP contribution in [0.25, 0.3) is 0 Å². The highest BCUT2D eigenvalue weighted by molar-refractivity contribution is 5.36. The summed E-state index contributed by atoms with van der Waals surface area (Å²) in [5.74, 6) is 0. The van der Waals surface area contributed by atoms with E-state index in [1.807, 2.05) is 26.0 Å². The van der Waals surface area contributed by atoms with Crippen LogP contribution in [0.5, 0.6) is 0 Å². The number of alkyl halides is 3. The lowest BCUT2D eigenvalue weighted by molar-refractivity contribution is -0.137. The van der Waals surface area contributed by atoms with Gasteiger partial charge >= 0.3 is 6.18 Å². The minimum absolute atomic E-state index is 0.161. The van der Waals surface area contributed by atoms with E-state index in [1.165, 1.54) is 6.07 Å². The highest BCUT2D eigenvalue weighted by Crippen LogP contribution is 2.31. The highest BCUT2D eigenvalue weighted by Gasteiger charge is 2.30. The molecule has 0 aromatic heterocycles. The predicted molar refractivity (Wildman–Crippen MR) is 76.0 cm³/mol. The molecule has 0 bridgehead atoms. The van der Waals surface area contributed by atoms with E-state index >= 15 is 0 Å². The summed E-state index contributed by atoms with van der Waals surface area (Å²) >= 11 is 0. The minimum Gasteiger partial charge on any atom is -0.388 e. The third-order valence-electron chi connectivity index (χ3n) is 3.69. The van der Waals surface area contributed by atoms with Gasteiger partial charge in [-0.25, -0.2) is 0 Å². The lowest BCUT2D eigenvalue weighted by Gasteiger charge is -2.16. The topological polar surface area (TPSA) is 20.2 Å². The average molecular weight is 294 g/mol. The van der Waals surface area contributed by atoms with Crippen LogP contribution in [0.4, 0.5) is 13.2 Å². The van der Waals surface area contributed by atoms with Gasteiger partial charge in [-0.1, -0.05) is 36.4 Å². The maximum Gasteiger partial charge on any atom is 0.416 e. The fourth-order valence-corrected chi connectivity index (χ4v) is 2.34. The Morgan fingerprint density at radius 1 is 1.05 bits per heavy atom. The van der Waals surface area contributed by atoms with Gasteiger partial charge in [-0.05, 0) is 42.2 Å². The van der Waals surface area contributed by atoms with Crippen molar-refractivity contribution >= 4 is 0 Å². The molecule has 2 aromatic rings. The van der Waals surface area contributed by atoms with Gasteiger partial charge in [0.05, 0.1) is 11.7 Å². The van der Waals surface area contributed by atoms with Crippen LogP contribution in [0.1, 0.15) is 33.9 Å². The number of hydrogen-bond donors (Lipinski definition) is 1. The molecule has 112 valence electrons. The zero-order valence-electron chi connectivity index (χ0n) is 11.9. The van der Waals surface area contributed by atoms with E-state index in [0.717, 1.165) is 28.8 Å². The molecule has 0 aliphatic rings. The van der Waals surface area contributed by atoms with Crippen molar-refractivity contribution in [3.63, 3.8) is 0 Å². The molecule has 2 aromatic carbocycles. The molecule has 1 N–H and O–H groups in total. The van der Waals surface area contributed by atoms with Crippen molar-refractivity contribution in [1.82, 2.24) is 0 Å². The Morgan fingerprint density at radius 3 is 2.38 bits per heavy atom. The van der Waals surface area contributed by atoms with E-state index in [2.05, 4.69) is 0 Å². The third-order valence-corrected chi connectivity index (χ3v) is 3.69. The minimum atomic E-state index is -4.36. The molecule has 0 amide bonds. The number of benzene rings is 2. The summed E-state index contributed by atoms with van der Waals surface area (Å²) in [6, 6.07) is 10.7. The number of hydrogen-bond acceptors (Lipinski definition) is 1. The van der Waals surface area contributed by atoms with Crippen molar-refractivity contribution in [2.45, 2.75) is 32.5 Å². The Kier molecular flexibility index (Phi) is 4.37. The molecule has 2 rings (SSSR count). The largest absolute Gasteiger partial charge is 0.416 e. The summed E-state index contributed by atoms with van der Waals surface area (Å²) in [6.45, 7) is 3.84. The summed E-state index contributed by atoms with van der Waals surface area (Å²) in [7, 11) is 0. The van der Waals surface area contributed by atoms with Gasteiger partial charge in [-0.2, -0.15) is 13.2 Å². The first-order valence-corrected chi connectivity index (χ1v) is 6.69. The number of rotatable bonds is 3. The van der Waals surface area contributed by atoms with Gasteiger partial charge in [0.2, 0.25) is 0 Å². The maximum atomic E-state index is 12.7. The van der Waals surface area contributed by atoms with Gasteiger partial charge < -0.3 is 5.11 Å². The molecule has 1 unspecified atom stereocenters. The molecular weight excluding hydrogens is 277 g/mol. The van der Waals surface area contributed by atoms with E-state index in [0.29, 0.717) is 5.56 Å². The third kappa shape index (κ3) is 3.64. The fourth-order valence-electron chi connectivity index (χ4n) is 2.34. The van der Waals surface area contributed by atoms with Crippen molar-refractivity contribution in [3.8, 4) is 0 Å². The number of aliphatic hydroxyl groups is 1. The Morgan fingerprint density at radius 2 is 1.71 bits per heavy atom. The van der Waals surface area contributed by atoms with E-state index in [1.54, 1.807) is 12.1 Å². The van der Waals surface area contributed by atoms with Crippen LogP contribution in [-0.2, 0) is 12.6 Å². The van der Waals surface area contributed by atoms with Crippen LogP contribution in [0.3, 0.4) is 0 Å². The van der Waals surface area contributed by atoms with Crippen molar-refractivity contribution < 1.29 is 18.3 Å². The van der Waals surface area contributed by atoms with Crippen LogP contribution in [-0.4, -0.2) is 5.11 Å². The van der Waals surface area contributed by atoms with Crippen molar-refractivity contribution in [2.75, 3.05) is 0 Å². The van der Waals surface area contributed by atoms with Gasteiger partial charge in [0.25, 0.3) is 0 Å². The Balaban J connectivity index is 2.24. The summed E-state index contributed by atoms with van der Waals surface area (Å²) < 4.78 is 38.0. The normalized spacial score (nSPS) is 13.2. The number of aryl methyl sites for hydroxylation is 1. The Labute approximate surface area is 122 Å². The van der Waals surface area contributed by atoms with Crippen LogP contribution < -0.4 is 0 Å². The Hall–Kier alpha value is -1.81. The molecule has 0 heterocycles.